The maximum Gasteiger partial charge on any atom is 0.153 e. The van der Waals surface area contributed by atoms with Crippen molar-refractivity contribution in [3.63, 3.8) is 0 Å². The van der Waals surface area contributed by atoms with Crippen LogP contribution in [0, 0.1) is 0 Å². The Balaban J connectivity index is 2.28. The third-order valence-corrected chi connectivity index (χ3v) is 2.62. The number of nitrogen functional groups attached to an aromatic ring is 1. The molecule has 0 saturated carbocycles. The summed E-state index contributed by atoms with van der Waals surface area (Å²) in [4.78, 5) is 9.73. The molecule has 14 heavy (non-hydrogen) atoms. The van der Waals surface area contributed by atoms with Gasteiger partial charge in [-0.15, -0.1) is 0 Å². The van der Waals surface area contributed by atoms with Gasteiger partial charge in [0.25, 0.3) is 0 Å². The Morgan fingerprint density at radius 2 is 2.36 bits per heavy atom. The number of nitrogens with two attached hydrogens (primary N) is 1. The van der Waals surface area contributed by atoms with Crippen LogP contribution in [0.5, 0.6) is 0 Å². The van der Waals surface area contributed by atoms with Crippen LogP contribution in [0.15, 0.2) is 6.33 Å². The minimum absolute atomic E-state index is 0.276. The summed E-state index contributed by atoms with van der Waals surface area (Å²) in [6.45, 7) is 1.30. The number of aromatic nitrogens is 2. The second kappa shape index (κ2) is 3.59. The quantitative estimate of drug-likeness (QED) is 0.703. The molecule has 1 aliphatic heterocycles. The first-order valence-corrected chi connectivity index (χ1v) is 4.75. The van der Waals surface area contributed by atoms with Gasteiger partial charge in [0.15, 0.2) is 5.82 Å². The van der Waals surface area contributed by atoms with E-state index in [1.54, 1.807) is 0 Å². The summed E-state index contributed by atoms with van der Waals surface area (Å²) >= 11 is 5.95. The molecule has 76 valence electrons. The molecule has 1 saturated heterocycles. The molecule has 5 nitrogen and oxygen atoms in total. The van der Waals surface area contributed by atoms with Crippen LogP contribution in [0.3, 0.4) is 0 Å². The van der Waals surface area contributed by atoms with E-state index in [-0.39, 0.29) is 11.9 Å². The summed E-state index contributed by atoms with van der Waals surface area (Å²) in [6, 6.07) is 0. The molecular weight excluding hydrogens is 204 g/mol. The van der Waals surface area contributed by atoms with Crippen molar-refractivity contribution in [2.75, 3.05) is 23.7 Å². The van der Waals surface area contributed by atoms with Gasteiger partial charge in [0.05, 0.1) is 6.10 Å². The van der Waals surface area contributed by atoms with Crippen LogP contribution in [0.2, 0.25) is 5.02 Å². The second-order valence-electron chi connectivity index (χ2n) is 3.29. The predicted octanol–water partition coefficient (Wildman–Crippen LogP) is 0.283. The van der Waals surface area contributed by atoms with Crippen molar-refractivity contribution >= 4 is 23.2 Å². The fourth-order valence-electron chi connectivity index (χ4n) is 1.53. The molecule has 1 aliphatic rings. The van der Waals surface area contributed by atoms with E-state index in [0.29, 0.717) is 17.4 Å². The topological polar surface area (TPSA) is 75.3 Å². The van der Waals surface area contributed by atoms with Crippen molar-refractivity contribution in [1.29, 1.82) is 0 Å². The van der Waals surface area contributed by atoms with E-state index in [1.165, 1.54) is 6.33 Å². The molecule has 6 heteroatoms. The highest BCUT2D eigenvalue weighted by molar-refractivity contribution is 6.35. The highest BCUT2D eigenvalue weighted by Crippen LogP contribution is 2.29. The number of hydrogen-bond donors (Lipinski definition) is 2. The minimum atomic E-state index is -0.303. The van der Waals surface area contributed by atoms with Crippen molar-refractivity contribution in [2.45, 2.75) is 12.5 Å². The zero-order valence-electron chi connectivity index (χ0n) is 7.52. The van der Waals surface area contributed by atoms with Gasteiger partial charge in [-0.2, -0.15) is 0 Å². The number of aliphatic hydroxyl groups excluding tert-OH is 1. The van der Waals surface area contributed by atoms with E-state index in [0.717, 1.165) is 13.0 Å². The summed E-state index contributed by atoms with van der Waals surface area (Å²) in [7, 11) is 0. The molecule has 0 aliphatic carbocycles. The molecule has 0 bridgehead atoms. The Morgan fingerprint density at radius 3 is 3.00 bits per heavy atom. The average Bonchev–Trinajstić information content (AvgIpc) is 2.57. The van der Waals surface area contributed by atoms with Crippen molar-refractivity contribution in [1.82, 2.24) is 9.97 Å². The lowest BCUT2D eigenvalue weighted by molar-refractivity contribution is 0.198. The summed E-state index contributed by atoms with van der Waals surface area (Å²) in [5.41, 5.74) is 5.55. The van der Waals surface area contributed by atoms with Gasteiger partial charge in [-0.3, -0.25) is 0 Å². The van der Waals surface area contributed by atoms with Gasteiger partial charge in [0, 0.05) is 13.1 Å². The molecule has 2 rings (SSSR count). The van der Waals surface area contributed by atoms with Gasteiger partial charge in [-0.05, 0) is 6.42 Å². The molecule has 3 N–H and O–H groups in total. The molecule has 1 unspecified atom stereocenters. The maximum absolute atomic E-state index is 9.36. The Morgan fingerprint density at radius 1 is 1.57 bits per heavy atom. The molecule has 0 amide bonds. The molecular formula is C8H11ClN4O. The highest BCUT2D eigenvalue weighted by Gasteiger charge is 2.23. The van der Waals surface area contributed by atoms with Crippen molar-refractivity contribution in [2.24, 2.45) is 0 Å². The standard InChI is InChI=1S/C8H11ClN4O/c9-6-7(10)11-4-12-8(6)13-2-1-5(14)3-13/h4-5,14H,1-3H2,(H2,10,11,12). The summed E-state index contributed by atoms with van der Waals surface area (Å²) < 4.78 is 0. The number of rotatable bonds is 1. The van der Waals surface area contributed by atoms with E-state index in [9.17, 15) is 5.11 Å². The lowest BCUT2D eigenvalue weighted by Gasteiger charge is -2.17. The Bertz CT molecular complexity index is 346. The number of β-amino-alcohol motifs (C(OH)–C–C–N with tert-alkyl or cyclic N) is 1. The van der Waals surface area contributed by atoms with Gasteiger partial charge in [-0.1, -0.05) is 11.6 Å². The summed E-state index contributed by atoms with van der Waals surface area (Å²) in [5, 5.41) is 9.72. The monoisotopic (exact) mass is 214 g/mol. The van der Waals surface area contributed by atoms with Crippen LogP contribution in [-0.4, -0.2) is 34.3 Å². The van der Waals surface area contributed by atoms with Gasteiger partial charge in [0.1, 0.15) is 17.2 Å². The normalized spacial score (nSPS) is 21.6. The largest absolute Gasteiger partial charge is 0.391 e. The number of nitrogens with zero attached hydrogens (tertiary/aromatic N) is 3. The molecule has 1 aromatic rings. The van der Waals surface area contributed by atoms with Crippen molar-refractivity contribution < 1.29 is 5.11 Å². The van der Waals surface area contributed by atoms with E-state index < -0.39 is 0 Å². The average molecular weight is 215 g/mol. The second-order valence-corrected chi connectivity index (χ2v) is 3.66. The fraction of sp³-hybridized carbons (Fsp3) is 0.500. The number of halogens is 1. The third-order valence-electron chi connectivity index (χ3n) is 2.26. The van der Waals surface area contributed by atoms with Crippen molar-refractivity contribution in [3.05, 3.63) is 11.3 Å². The zero-order chi connectivity index (χ0) is 10.1. The van der Waals surface area contributed by atoms with Crippen LogP contribution < -0.4 is 10.6 Å². The molecule has 0 aromatic carbocycles. The number of aliphatic hydroxyl groups is 1. The van der Waals surface area contributed by atoms with Crippen molar-refractivity contribution in [3.8, 4) is 0 Å². The lowest BCUT2D eigenvalue weighted by atomic mass is 10.3. The zero-order valence-corrected chi connectivity index (χ0v) is 8.28. The van der Waals surface area contributed by atoms with E-state index in [4.69, 9.17) is 17.3 Å². The van der Waals surface area contributed by atoms with Crippen LogP contribution in [0.25, 0.3) is 0 Å². The van der Waals surface area contributed by atoms with Gasteiger partial charge >= 0.3 is 0 Å². The van der Waals surface area contributed by atoms with Crippen LogP contribution in [0.1, 0.15) is 6.42 Å². The van der Waals surface area contributed by atoms with E-state index in [1.807, 2.05) is 4.90 Å². The van der Waals surface area contributed by atoms with Crippen LogP contribution in [0.4, 0.5) is 11.6 Å². The van der Waals surface area contributed by atoms with E-state index >= 15 is 0 Å². The highest BCUT2D eigenvalue weighted by atomic mass is 35.5. The third kappa shape index (κ3) is 1.60. The molecule has 2 heterocycles. The molecule has 1 atom stereocenters. The first-order valence-electron chi connectivity index (χ1n) is 4.37. The maximum atomic E-state index is 9.36. The SMILES string of the molecule is Nc1ncnc(N2CCC(O)C2)c1Cl. The molecule has 1 aromatic heterocycles. The van der Waals surface area contributed by atoms with Crippen LogP contribution >= 0.6 is 11.6 Å². The first kappa shape index (κ1) is 9.48. The van der Waals surface area contributed by atoms with Gasteiger partial charge in [0.2, 0.25) is 0 Å². The lowest BCUT2D eigenvalue weighted by Crippen LogP contribution is -2.23. The molecule has 1 fully saturated rings. The smallest absolute Gasteiger partial charge is 0.153 e. The minimum Gasteiger partial charge on any atom is -0.391 e. The number of anilines is 2. The first-order chi connectivity index (χ1) is 6.68. The van der Waals surface area contributed by atoms with Gasteiger partial charge < -0.3 is 15.7 Å². The Hall–Kier alpha value is -1.07. The van der Waals surface area contributed by atoms with Gasteiger partial charge in [-0.25, -0.2) is 9.97 Å². The Kier molecular flexibility index (Phi) is 2.43. The van der Waals surface area contributed by atoms with E-state index in [2.05, 4.69) is 9.97 Å². The molecule has 0 radical (unpaired) electrons. The summed E-state index contributed by atoms with van der Waals surface area (Å²) in [5.74, 6) is 0.883. The predicted molar refractivity (Wildman–Crippen MR) is 54.3 cm³/mol. The Labute approximate surface area is 86.5 Å². The molecule has 0 spiro atoms. The summed E-state index contributed by atoms with van der Waals surface area (Å²) in [6.07, 6.45) is 1.81. The fourth-order valence-corrected chi connectivity index (χ4v) is 1.75. The number of hydrogen-bond acceptors (Lipinski definition) is 5. The van der Waals surface area contributed by atoms with Crippen LogP contribution in [-0.2, 0) is 0 Å².